The maximum absolute atomic E-state index is 14.5. The van der Waals surface area contributed by atoms with Gasteiger partial charge in [0.1, 0.15) is 12.1 Å². The molecule has 0 saturated carbocycles. The number of carbonyl (C=O) groups excluding carboxylic acids is 4. The second-order valence-electron chi connectivity index (χ2n) is 16.8. The Labute approximate surface area is 372 Å². The summed E-state index contributed by atoms with van der Waals surface area (Å²) in [6.07, 6.45) is 6.29. The number of rotatable bonds is 17. The zero-order valence-corrected chi connectivity index (χ0v) is 36.4. The van der Waals surface area contributed by atoms with E-state index >= 15 is 0 Å². The highest BCUT2D eigenvalue weighted by molar-refractivity contribution is 6.11. The number of amidine groups is 1. The highest BCUT2D eigenvalue weighted by Gasteiger charge is 2.35. The van der Waals surface area contributed by atoms with E-state index in [1.165, 1.54) is 24.1 Å². The molecular weight excluding hydrogens is 821 g/mol. The number of aryl methyl sites for hydroxylation is 1. The number of nitrogens with zero attached hydrogens (tertiary/aromatic N) is 5. The van der Waals surface area contributed by atoms with Gasteiger partial charge in [-0.25, -0.2) is 8.78 Å². The minimum atomic E-state index is -2.78. The third-order valence-electron chi connectivity index (χ3n) is 12.7. The second-order valence-corrected chi connectivity index (χ2v) is 16.8. The van der Waals surface area contributed by atoms with Crippen molar-refractivity contribution in [2.24, 2.45) is 5.73 Å². The zero-order valence-electron chi connectivity index (χ0n) is 36.4. The van der Waals surface area contributed by atoms with Crippen LogP contribution in [0, 0.1) is 10.8 Å². The number of nitrogens with one attached hydrogen (secondary N) is 5. The molecule has 17 heteroatoms. The monoisotopic (exact) mass is 877 g/mol. The van der Waals surface area contributed by atoms with Crippen LogP contribution in [0.1, 0.15) is 95.7 Å². The number of halogens is 2. The number of allylic oxidation sites excluding steroid dienone is 1. The van der Waals surface area contributed by atoms with E-state index in [1.54, 1.807) is 30.1 Å². The molecule has 2 aromatic carbocycles. The van der Waals surface area contributed by atoms with E-state index in [0.29, 0.717) is 66.7 Å². The first-order chi connectivity index (χ1) is 30.9. The number of primary amides is 1. The Bertz CT molecular complexity index is 2340. The van der Waals surface area contributed by atoms with Crippen LogP contribution in [0.15, 0.2) is 66.1 Å². The van der Waals surface area contributed by atoms with Gasteiger partial charge in [-0.05, 0) is 79.1 Å². The number of pyridine rings is 1. The first-order valence-corrected chi connectivity index (χ1v) is 21.9. The van der Waals surface area contributed by atoms with Gasteiger partial charge < -0.3 is 46.6 Å². The molecule has 3 amide bonds. The van der Waals surface area contributed by atoms with Crippen molar-refractivity contribution in [1.82, 2.24) is 30.3 Å². The van der Waals surface area contributed by atoms with Crippen molar-refractivity contribution in [3.8, 4) is 0 Å². The Morgan fingerprint density at radius 1 is 1.06 bits per heavy atom. The molecule has 0 bridgehead atoms. The molecule has 7 N–H and O–H groups in total. The van der Waals surface area contributed by atoms with Crippen LogP contribution in [0.5, 0.6) is 0 Å². The number of piperidine rings is 1. The Hall–Kier alpha value is -6.49. The van der Waals surface area contributed by atoms with Crippen molar-refractivity contribution >= 4 is 53.0 Å². The summed E-state index contributed by atoms with van der Waals surface area (Å²) < 4.78 is 29.1. The van der Waals surface area contributed by atoms with Gasteiger partial charge in [0.15, 0.2) is 0 Å². The minimum Gasteiger partial charge on any atom is -0.393 e. The zero-order chi connectivity index (χ0) is 45.5. The third-order valence-corrected chi connectivity index (χ3v) is 12.7. The topological polar surface area (TPSA) is 204 Å². The molecule has 15 nitrogen and oxygen atoms in total. The van der Waals surface area contributed by atoms with Crippen LogP contribution in [-0.2, 0) is 40.4 Å². The minimum absolute atomic E-state index is 0.0159. The smallest absolute Gasteiger partial charge is 0.264 e. The Balaban J connectivity index is 0.968. The molecule has 0 aliphatic carbocycles. The summed E-state index contributed by atoms with van der Waals surface area (Å²) in [5.74, 6) is -0.639. The van der Waals surface area contributed by atoms with Crippen molar-refractivity contribution in [2.75, 3.05) is 50.0 Å². The van der Waals surface area contributed by atoms with Crippen molar-refractivity contribution in [2.45, 2.75) is 90.0 Å². The lowest BCUT2D eigenvalue weighted by molar-refractivity contribution is -0.128. The normalized spacial score (nSPS) is 17.5. The number of amides is 3. The Morgan fingerprint density at radius 3 is 2.53 bits per heavy atom. The average molecular weight is 878 g/mol. The molecule has 1 saturated heterocycles. The van der Waals surface area contributed by atoms with Gasteiger partial charge >= 0.3 is 0 Å². The predicted octanol–water partition coefficient (Wildman–Crippen LogP) is 5.12. The van der Waals surface area contributed by atoms with Gasteiger partial charge in [0.2, 0.25) is 11.8 Å². The van der Waals surface area contributed by atoms with Gasteiger partial charge in [-0.1, -0.05) is 12.1 Å². The summed E-state index contributed by atoms with van der Waals surface area (Å²) in [6.45, 7) is 5.92. The van der Waals surface area contributed by atoms with Gasteiger partial charge in [0.05, 0.1) is 24.8 Å². The fourth-order valence-corrected chi connectivity index (χ4v) is 9.19. The number of hydrogen-bond acceptors (Lipinski definition) is 11. The number of aromatic nitrogens is 1. The van der Waals surface area contributed by atoms with Gasteiger partial charge in [0, 0.05) is 136 Å². The molecule has 4 aliphatic heterocycles. The molecule has 5 heterocycles. The molecule has 64 heavy (non-hydrogen) atoms. The Morgan fingerprint density at radius 2 is 1.86 bits per heavy atom. The largest absolute Gasteiger partial charge is 0.393 e. The van der Waals surface area contributed by atoms with Crippen LogP contribution in [-0.4, -0.2) is 108 Å². The first-order valence-electron chi connectivity index (χ1n) is 21.9. The molecule has 3 aromatic rings. The van der Waals surface area contributed by atoms with E-state index in [1.807, 2.05) is 23.2 Å². The SMILES string of the molecule is CN/C=C(\C=N)c1cc2c(cc1C(F)F)N(C(=N)C1=C(NC3CCN(Cc4ccc(CNc5cccc6c5CN(C(C=O)CCC(N)=O)C6=O)nc4)CC3)CCN(C(C)=O)C1)CCC2. The molecule has 1 aromatic heterocycles. The highest BCUT2D eigenvalue weighted by atomic mass is 19.3. The predicted molar refractivity (Wildman–Crippen MR) is 242 cm³/mol. The standard InChI is InChI=1S/C47H57F2N11O4/c1-29(62)58-18-14-42(40(26-58)46(52)59-15-4-5-31-19-37(32(21-50)23-53-2)38(45(48)49)20-43(31)59)56-33-12-16-57(17-13-33)25-30-8-9-34(54-22-30)24-55-41-7-3-6-36-39(41)27-60(47(36)64)35(28-61)10-11-44(51)63/h3,6-9,19-23,28,33,35,45,50,52-53,55-56H,4-5,10-18,24-27H2,1-2H3,(H2,51,63)/b32-23+,50-21?,52-46?. The van der Waals surface area contributed by atoms with E-state index in [-0.39, 0.29) is 55.2 Å². The van der Waals surface area contributed by atoms with Gasteiger partial charge in [0.25, 0.3) is 12.3 Å². The third kappa shape index (κ3) is 10.1. The summed E-state index contributed by atoms with van der Waals surface area (Å²) >= 11 is 0. The summed E-state index contributed by atoms with van der Waals surface area (Å²) in [4.78, 5) is 61.0. The van der Waals surface area contributed by atoms with Crippen LogP contribution in [0.4, 0.5) is 20.2 Å². The van der Waals surface area contributed by atoms with Gasteiger partial charge in [-0.3, -0.25) is 29.7 Å². The summed E-state index contributed by atoms with van der Waals surface area (Å²) in [7, 11) is 1.66. The number of likely N-dealkylation sites (tertiary alicyclic amines) is 1. The van der Waals surface area contributed by atoms with Crippen molar-refractivity contribution in [1.29, 1.82) is 10.8 Å². The van der Waals surface area contributed by atoms with Crippen LogP contribution in [0.2, 0.25) is 0 Å². The fraction of sp³-hybridized carbons (Fsp3) is 0.426. The molecule has 7 rings (SSSR count). The van der Waals surface area contributed by atoms with Crippen molar-refractivity contribution in [3.63, 3.8) is 0 Å². The summed E-state index contributed by atoms with van der Waals surface area (Å²) in [5, 5.41) is 27.4. The highest BCUT2D eigenvalue weighted by Crippen LogP contribution is 2.38. The second kappa shape index (κ2) is 20.3. The molecular formula is C47H57F2N11O4. The lowest BCUT2D eigenvalue weighted by Crippen LogP contribution is -2.47. The first kappa shape index (κ1) is 45.5. The Kier molecular flexibility index (Phi) is 14.5. The molecule has 338 valence electrons. The van der Waals surface area contributed by atoms with Gasteiger partial charge in [-0.15, -0.1) is 0 Å². The van der Waals surface area contributed by atoms with E-state index in [9.17, 15) is 33.4 Å². The van der Waals surface area contributed by atoms with E-state index < -0.39 is 18.4 Å². The molecule has 0 spiro atoms. The maximum atomic E-state index is 14.5. The van der Waals surface area contributed by atoms with E-state index in [4.69, 9.17) is 16.1 Å². The summed E-state index contributed by atoms with van der Waals surface area (Å²) in [6, 6.07) is 12.1. The van der Waals surface area contributed by atoms with Crippen LogP contribution in [0.3, 0.4) is 0 Å². The number of benzene rings is 2. The van der Waals surface area contributed by atoms with Crippen LogP contribution >= 0.6 is 0 Å². The van der Waals surface area contributed by atoms with Crippen LogP contribution < -0.4 is 26.6 Å². The number of anilines is 2. The molecule has 1 atom stereocenters. The maximum Gasteiger partial charge on any atom is 0.264 e. The van der Waals surface area contributed by atoms with Crippen LogP contribution in [0.25, 0.3) is 5.57 Å². The number of carbonyl (C=O) groups is 4. The lowest BCUT2D eigenvalue weighted by atomic mass is 9.91. The fourth-order valence-electron chi connectivity index (χ4n) is 9.19. The van der Waals surface area contributed by atoms with E-state index in [0.717, 1.165) is 78.9 Å². The summed E-state index contributed by atoms with van der Waals surface area (Å²) in [5.41, 5.74) is 12.8. The number of aldehydes is 1. The number of alkyl halides is 2. The van der Waals surface area contributed by atoms with E-state index in [2.05, 4.69) is 26.9 Å². The lowest BCUT2D eigenvalue weighted by Gasteiger charge is -2.39. The average Bonchev–Trinajstić information content (AvgIpc) is 3.63. The molecule has 0 radical (unpaired) electrons. The molecule has 1 unspecified atom stereocenters. The van der Waals surface area contributed by atoms with Crippen molar-refractivity contribution in [3.05, 3.63) is 105 Å². The van der Waals surface area contributed by atoms with Crippen molar-refractivity contribution < 1.29 is 28.0 Å². The number of nitrogens with two attached hydrogens (primary N) is 1. The quantitative estimate of drug-likeness (QED) is 0.0600. The van der Waals surface area contributed by atoms with Gasteiger partial charge in [-0.2, -0.15) is 0 Å². The molecule has 4 aliphatic rings. The molecule has 1 fully saturated rings. The number of fused-ring (bicyclic) bond motifs is 2. The number of hydrogen-bond donors (Lipinski definition) is 6.